The lowest BCUT2D eigenvalue weighted by Crippen LogP contribution is -2.55. The highest BCUT2D eigenvalue weighted by Gasteiger charge is 2.55. The Hall–Kier alpha value is -2.10. The van der Waals surface area contributed by atoms with E-state index in [2.05, 4.69) is 11.4 Å². The molecule has 0 radical (unpaired) electrons. The van der Waals surface area contributed by atoms with E-state index in [-0.39, 0.29) is 24.3 Å². The SMILES string of the molecule is C[C@@H]1CCCC[C@@]12NC(=O)N(CC(=O)N(C)C1(C#N)CCCCC1)C2=O. The van der Waals surface area contributed by atoms with Gasteiger partial charge in [-0.1, -0.05) is 39.0 Å². The van der Waals surface area contributed by atoms with E-state index in [1.165, 1.54) is 4.90 Å². The molecule has 0 unspecified atom stereocenters. The second kappa shape index (κ2) is 6.90. The third-order valence-corrected chi connectivity index (χ3v) is 6.70. The normalized spacial score (nSPS) is 30.8. The third-order valence-electron chi connectivity index (χ3n) is 6.70. The van der Waals surface area contributed by atoms with E-state index in [9.17, 15) is 19.6 Å². The fraction of sp³-hybridized carbons (Fsp3) is 0.789. The van der Waals surface area contributed by atoms with Gasteiger partial charge in [-0.2, -0.15) is 5.26 Å². The van der Waals surface area contributed by atoms with Crippen molar-refractivity contribution in [2.45, 2.75) is 75.8 Å². The lowest BCUT2D eigenvalue weighted by molar-refractivity contribution is -0.142. The number of imide groups is 1. The average Bonchev–Trinajstić information content (AvgIpc) is 2.89. The van der Waals surface area contributed by atoms with Crippen LogP contribution in [0.15, 0.2) is 0 Å². The van der Waals surface area contributed by atoms with Crippen molar-refractivity contribution in [1.82, 2.24) is 15.1 Å². The maximum absolute atomic E-state index is 13.0. The number of carbonyl (C=O) groups excluding carboxylic acids is 3. The van der Waals surface area contributed by atoms with Gasteiger partial charge in [-0.25, -0.2) is 4.79 Å². The number of nitrogens with one attached hydrogen (secondary N) is 1. The van der Waals surface area contributed by atoms with Gasteiger partial charge in [0.05, 0.1) is 6.07 Å². The van der Waals surface area contributed by atoms with Crippen LogP contribution < -0.4 is 5.32 Å². The molecular weight excluding hydrogens is 332 g/mol. The Bertz CT molecular complexity index is 650. The van der Waals surface area contributed by atoms with Crippen molar-refractivity contribution in [3.63, 3.8) is 0 Å². The number of carbonyl (C=O) groups is 3. The Kier molecular flexibility index (Phi) is 4.96. The molecule has 7 heteroatoms. The molecule has 3 fully saturated rings. The van der Waals surface area contributed by atoms with Gasteiger partial charge in [0.25, 0.3) is 5.91 Å². The zero-order valence-electron chi connectivity index (χ0n) is 15.7. The summed E-state index contributed by atoms with van der Waals surface area (Å²) in [5.74, 6) is -0.571. The van der Waals surface area contributed by atoms with Crippen LogP contribution in [-0.2, 0) is 9.59 Å². The Morgan fingerprint density at radius 2 is 1.88 bits per heavy atom. The minimum atomic E-state index is -0.855. The van der Waals surface area contributed by atoms with Gasteiger partial charge in [-0.3, -0.25) is 14.5 Å². The summed E-state index contributed by atoms with van der Waals surface area (Å²) in [6, 6.07) is 1.82. The number of urea groups is 1. The molecule has 3 aliphatic rings. The summed E-state index contributed by atoms with van der Waals surface area (Å²) in [5, 5.41) is 12.5. The predicted molar refractivity (Wildman–Crippen MR) is 94.8 cm³/mol. The maximum Gasteiger partial charge on any atom is 0.325 e. The van der Waals surface area contributed by atoms with Crippen LogP contribution in [-0.4, -0.2) is 52.3 Å². The summed E-state index contributed by atoms with van der Waals surface area (Å²) in [7, 11) is 1.62. The lowest BCUT2D eigenvalue weighted by atomic mass is 9.73. The van der Waals surface area contributed by atoms with Crippen molar-refractivity contribution in [1.29, 1.82) is 5.26 Å². The van der Waals surface area contributed by atoms with Gasteiger partial charge in [-0.05, 0) is 31.6 Å². The number of likely N-dealkylation sites (N-methyl/N-ethyl adjacent to an activating group) is 1. The first-order chi connectivity index (χ1) is 12.4. The zero-order chi connectivity index (χ0) is 18.9. The Labute approximate surface area is 154 Å². The van der Waals surface area contributed by atoms with E-state index < -0.39 is 17.1 Å². The maximum atomic E-state index is 13.0. The number of amides is 4. The number of hydrogen-bond donors (Lipinski definition) is 1. The van der Waals surface area contributed by atoms with Crippen LogP contribution in [0.5, 0.6) is 0 Å². The standard InChI is InChI=1S/C19H28N4O3/c1-14-8-4-7-11-19(14)16(25)23(17(26)21-19)12-15(24)22(2)18(13-20)9-5-3-6-10-18/h14H,3-12H2,1-2H3,(H,21,26)/t14-,19-/m1/s1. The molecule has 2 atom stereocenters. The molecule has 1 aliphatic heterocycles. The Morgan fingerprint density at radius 1 is 1.23 bits per heavy atom. The van der Waals surface area contributed by atoms with Crippen LogP contribution in [0.2, 0.25) is 0 Å². The summed E-state index contributed by atoms with van der Waals surface area (Å²) >= 11 is 0. The van der Waals surface area contributed by atoms with E-state index in [0.717, 1.165) is 43.4 Å². The number of nitriles is 1. The van der Waals surface area contributed by atoms with E-state index >= 15 is 0 Å². The van der Waals surface area contributed by atoms with Crippen LogP contribution in [0, 0.1) is 17.2 Å². The van der Waals surface area contributed by atoms with Gasteiger partial charge in [0.1, 0.15) is 17.6 Å². The van der Waals surface area contributed by atoms with Crippen molar-refractivity contribution >= 4 is 17.8 Å². The van der Waals surface area contributed by atoms with Crippen LogP contribution in [0.1, 0.15) is 64.7 Å². The molecule has 0 bridgehead atoms. The molecule has 1 N–H and O–H groups in total. The van der Waals surface area contributed by atoms with Crippen LogP contribution >= 0.6 is 0 Å². The van der Waals surface area contributed by atoms with E-state index in [1.54, 1.807) is 7.05 Å². The molecular formula is C19H28N4O3. The van der Waals surface area contributed by atoms with Crippen LogP contribution in [0.3, 0.4) is 0 Å². The zero-order valence-corrected chi connectivity index (χ0v) is 15.7. The summed E-state index contributed by atoms with van der Waals surface area (Å²) in [4.78, 5) is 40.8. The molecule has 1 saturated heterocycles. The van der Waals surface area contributed by atoms with Gasteiger partial charge >= 0.3 is 6.03 Å². The molecule has 0 aromatic carbocycles. The van der Waals surface area contributed by atoms with Crippen LogP contribution in [0.4, 0.5) is 4.79 Å². The molecule has 1 heterocycles. The largest absolute Gasteiger partial charge is 0.325 e. The van der Waals surface area contributed by atoms with Gasteiger partial charge in [-0.15, -0.1) is 0 Å². The highest BCUT2D eigenvalue weighted by atomic mass is 16.2. The summed E-state index contributed by atoms with van der Waals surface area (Å²) < 4.78 is 0. The van der Waals surface area contributed by atoms with E-state index in [0.29, 0.717) is 19.3 Å². The fourth-order valence-corrected chi connectivity index (χ4v) is 4.78. The first kappa shape index (κ1) is 18.7. The van der Waals surface area contributed by atoms with Crippen LogP contribution in [0.25, 0.3) is 0 Å². The summed E-state index contributed by atoms with van der Waals surface area (Å²) in [5.41, 5.74) is -1.67. The smallest absolute Gasteiger partial charge is 0.325 e. The first-order valence-corrected chi connectivity index (χ1v) is 9.68. The lowest BCUT2D eigenvalue weighted by Gasteiger charge is -2.39. The number of hydrogen-bond acceptors (Lipinski definition) is 4. The molecule has 1 spiro atoms. The predicted octanol–water partition coefficient (Wildman–Crippen LogP) is 2.17. The molecule has 0 aromatic rings. The molecule has 142 valence electrons. The van der Waals surface area contributed by atoms with Crippen molar-refractivity contribution in [2.75, 3.05) is 13.6 Å². The molecule has 2 saturated carbocycles. The summed E-state index contributed by atoms with van der Waals surface area (Å²) in [6.45, 7) is 1.69. The van der Waals surface area contributed by atoms with Crippen molar-refractivity contribution in [3.05, 3.63) is 0 Å². The summed E-state index contributed by atoms with van der Waals surface area (Å²) in [6.07, 6.45) is 7.66. The number of rotatable bonds is 3. The highest BCUT2D eigenvalue weighted by molar-refractivity contribution is 6.09. The molecule has 4 amide bonds. The monoisotopic (exact) mass is 360 g/mol. The van der Waals surface area contributed by atoms with Crippen molar-refractivity contribution < 1.29 is 14.4 Å². The average molecular weight is 360 g/mol. The molecule has 7 nitrogen and oxygen atoms in total. The Morgan fingerprint density at radius 3 is 2.50 bits per heavy atom. The van der Waals surface area contributed by atoms with Gasteiger partial charge in [0, 0.05) is 7.05 Å². The fourth-order valence-electron chi connectivity index (χ4n) is 4.78. The van der Waals surface area contributed by atoms with E-state index in [4.69, 9.17) is 0 Å². The molecule has 2 aliphatic carbocycles. The van der Waals surface area contributed by atoms with Gasteiger partial charge in [0.15, 0.2) is 0 Å². The van der Waals surface area contributed by atoms with E-state index in [1.807, 2.05) is 6.92 Å². The number of nitrogens with zero attached hydrogens (tertiary/aromatic N) is 3. The van der Waals surface area contributed by atoms with Crippen molar-refractivity contribution in [3.8, 4) is 6.07 Å². The topological polar surface area (TPSA) is 93.5 Å². The molecule has 3 rings (SSSR count). The first-order valence-electron chi connectivity index (χ1n) is 9.68. The molecule has 26 heavy (non-hydrogen) atoms. The molecule has 0 aromatic heterocycles. The van der Waals surface area contributed by atoms with Gasteiger partial charge in [0.2, 0.25) is 5.91 Å². The van der Waals surface area contributed by atoms with Gasteiger partial charge < -0.3 is 10.2 Å². The highest BCUT2D eigenvalue weighted by Crippen LogP contribution is 2.38. The quantitative estimate of drug-likeness (QED) is 0.781. The Balaban J connectivity index is 1.74. The minimum Gasteiger partial charge on any atom is -0.325 e. The second-order valence-electron chi connectivity index (χ2n) is 8.10. The van der Waals surface area contributed by atoms with Crippen molar-refractivity contribution in [2.24, 2.45) is 5.92 Å². The minimum absolute atomic E-state index is 0.0642. The third kappa shape index (κ3) is 2.85. The second-order valence-corrected chi connectivity index (χ2v) is 8.10.